The molecule has 1 aromatic carbocycles. The first-order valence-electron chi connectivity index (χ1n) is 6.04. The van der Waals surface area contributed by atoms with E-state index in [4.69, 9.17) is 5.11 Å². The quantitative estimate of drug-likeness (QED) is 0.854. The molecule has 3 nitrogen and oxygen atoms in total. The lowest BCUT2D eigenvalue weighted by Gasteiger charge is -2.05. The summed E-state index contributed by atoms with van der Waals surface area (Å²) in [4.78, 5) is 0. The summed E-state index contributed by atoms with van der Waals surface area (Å²) in [5, 5.41) is 13.4. The van der Waals surface area contributed by atoms with E-state index in [1.807, 2.05) is 17.8 Å². The number of rotatable bonds is 2. The Labute approximate surface area is 101 Å². The maximum absolute atomic E-state index is 9.10. The van der Waals surface area contributed by atoms with Gasteiger partial charge in [-0.3, -0.25) is 4.68 Å². The molecule has 1 aliphatic carbocycles. The molecule has 3 heteroatoms. The first kappa shape index (κ1) is 10.5. The molecule has 88 valence electrons. The zero-order valence-electron chi connectivity index (χ0n) is 9.98. The molecule has 1 N–H and O–H groups in total. The Kier molecular flexibility index (Phi) is 2.48. The zero-order valence-corrected chi connectivity index (χ0v) is 9.98. The van der Waals surface area contributed by atoms with Gasteiger partial charge in [0.25, 0.3) is 0 Å². The van der Waals surface area contributed by atoms with Crippen LogP contribution in [0.4, 0.5) is 0 Å². The minimum atomic E-state index is -0.00121. The number of fused-ring (bicyclic) bond motifs is 1. The van der Waals surface area contributed by atoms with Gasteiger partial charge in [-0.25, -0.2) is 0 Å². The summed E-state index contributed by atoms with van der Waals surface area (Å²) >= 11 is 0. The van der Waals surface area contributed by atoms with E-state index in [9.17, 15) is 0 Å². The number of aromatic nitrogens is 2. The van der Waals surface area contributed by atoms with E-state index < -0.39 is 0 Å². The Morgan fingerprint density at radius 1 is 1.24 bits per heavy atom. The standard InChI is InChI=1S/C14H16N2O/c1-16-14(8-13(9-17)15-16)12-6-5-10-3-2-4-11(10)7-12/h5-8,17H,2-4,9H2,1H3. The molecule has 1 heterocycles. The number of hydrogen-bond donors (Lipinski definition) is 1. The van der Waals surface area contributed by atoms with Crippen molar-refractivity contribution in [1.82, 2.24) is 9.78 Å². The Hall–Kier alpha value is -1.61. The van der Waals surface area contributed by atoms with Gasteiger partial charge in [-0.15, -0.1) is 0 Å². The predicted octanol–water partition coefficient (Wildman–Crippen LogP) is 2.07. The maximum atomic E-state index is 9.10. The molecule has 0 amide bonds. The second-order valence-electron chi connectivity index (χ2n) is 4.64. The van der Waals surface area contributed by atoms with Crippen LogP contribution >= 0.6 is 0 Å². The van der Waals surface area contributed by atoms with Crippen LogP contribution in [0.3, 0.4) is 0 Å². The molecule has 0 fully saturated rings. The van der Waals surface area contributed by atoms with Crippen molar-refractivity contribution in [2.24, 2.45) is 7.05 Å². The molecule has 1 aromatic heterocycles. The first-order valence-corrected chi connectivity index (χ1v) is 6.04. The first-order chi connectivity index (χ1) is 8.28. The molecule has 17 heavy (non-hydrogen) atoms. The highest BCUT2D eigenvalue weighted by Gasteiger charge is 2.13. The van der Waals surface area contributed by atoms with Gasteiger partial charge in [-0.1, -0.05) is 12.1 Å². The number of hydrogen-bond acceptors (Lipinski definition) is 2. The molecule has 0 unspecified atom stereocenters. The zero-order chi connectivity index (χ0) is 11.8. The smallest absolute Gasteiger partial charge is 0.0885 e. The molecular formula is C14H16N2O. The molecule has 3 rings (SSSR count). The van der Waals surface area contributed by atoms with Crippen molar-refractivity contribution in [2.45, 2.75) is 25.9 Å². The summed E-state index contributed by atoms with van der Waals surface area (Å²) in [5.74, 6) is 0. The highest BCUT2D eigenvalue weighted by Crippen LogP contribution is 2.28. The largest absolute Gasteiger partial charge is 0.390 e. The Morgan fingerprint density at radius 3 is 2.82 bits per heavy atom. The molecule has 0 radical (unpaired) electrons. The van der Waals surface area contributed by atoms with Crippen LogP contribution in [-0.4, -0.2) is 14.9 Å². The van der Waals surface area contributed by atoms with Gasteiger partial charge in [0.1, 0.15) is 0 Å². The highest BCUT2D eigenvalue weighted by molar-refractivity contribution is 5.62. The van der Waals surface area contributed by atoms with Crippen LogP contribution in [0.2, 0.25) is 0 Å². The van der Waals surface area contributed by atoms with Gasteiger partial charge in [0.05, 0.1) is 18.0 Å². The number of benzene rings is 1. The molecule has 0 atom stereocenters. The average Bonchev–Trinajstić information content (AvgIpc) is 2.93. The average molecular weight is 228 g/mol. The summed E-state index contributed by atoms with van der Waals surface area (Å²) in [5.41, 5.74) is 5.94. The van der Waals surface area contributed by atoms with Gasteiger partial charge in [-0.2, -0.15) is 5.10 Å². The molecule has 0 spiro atoms. The van der Waals surface area contributed by atoms with Gasteiger partial charge < -0.3 is 5.11 Å². The summed E-state index contributed by atoms with van der Waals surface area (Å²) in [6.07, 6.45) is 3.67. The van der Waals surface area contributed by atoms with E-state index in [-0.39, 0.29) is 6.61 Å². The summed E-state index contributed by atoms with van der Waals surface area (Å²) < 4.78 is 1.84. The minimum absolute atomic E-state index is 0.00121. The fourth-order valence-corrected chi connectivity index (χ4v) is 2.61. The van der Waals surface area contributed by atoms with Crippen molar-refractivity contribution in [1.29, 1.82) is 0 Å². The molecule has 0 saturated carbocycles. The van der Waals surface area contributed by atoms with Crippen LogP contribution < -0.4 is 0 Å². The third-order valence-electron chi connectivity index (χ3n) is 3.49. The maximum Gasteiger partial charge on any atom is 0.0885 e. The number of nitrogens with zero attached hydrogens (tertiary/aromatic N) is 2. The topological polar surface area (TPSA) is 38.0 Å². The van der Waals surface area contributed by atoms with E-state index >= 15 is 0 Å². The second-order valence-corrected chi connectivity index (χ2v) is 4.64. The van der Waals surface area contributed by atoms with Crippen molar-refractivity contribution in [3.63, 3.8) is 0 Å². The van der Waals surface area contributed by atoms with Crippen molar-refractivity contribution in [2.75, 3.05) is 0 Å². The van der Waals surface area contributed by atoms with Crippen LogP contribution in [0.25, 0.3) is 11.3 Å². The summed E-state index contributed by atoms with van der Waals surface area (Å²) in [6.45, 7) is -0.00121. The lowest BCUT2D eigenvalue weighted by molar-refractivity contribution is 0.275. The fourth-order valence-electron chi connectivity index (χ4n) is 2.61. The lowest BCUT2D eigenvalue weighted by Crippen LogP contribution is -1.95. The van der Waals surface area contributed by atoms with Crippen molar-refractivity contribution >= 4 is 0 Å². The van der Waals surface area contributed by atoms with E-state index in [1.165, 1.54) is 36.0 Å². The van der Waals surface area contributed by atoms with Crippen LogP contribution in [0.5, 0.6) is 0 Å². The van der Waals surface area contributed by atoms with E-state index in [0.29, 0.717) is 0 Å². The van der Waals surface area contributed by atoms with Crippen molar-refractivity contribution in [3.05, 3.63) is 41.1 Å². The molecule has 0 aliphatic heterocycles. The normalized spacial score (nSPS) is 14.0. The lowest BCUT2D eigenvalue weighted by atomic mass is 10.0. The Morgan fingerprint density at radius 2 is 2.06 bits per heavy atom. The molecule has 1 aliphatic rings. The van der Waals surface area contributed by atoms with Gasteiger partial charge in [0.2, 0.25) is 0 Å². The Bertz CT molecular complexity index is 557. The monoisotopic (exact) mass is 228 g/mol. The van der Waals surface area contributed by atoms with E-state index in [0.717, 1.165) is 11.4 Å². The number of aryl methyl sites for hydroxylation is 3. The minimum Gasteiger partial charge on any atom is -0.390 e. The van der Waals surface area contributed by atoms with Gasteiger partial charge in [0.15, 0.2) is 0 Å². The summed E-state index contributed by atoms with van der Waals surface area (Å²) in [6, 6.07) is 8.60. The fraction of sp³-hybridized carbons (Fsp3) is 0.357. The van der Waals surface area contributed by atoms with Crippen molar-refractivity contribution < 1.29 is 5.11 Å². The van der Waals surface area contributed by atoms with Gasteiger partial charge >= 0.3 is 0 Å². The number of aliphatic hydroxyl groups excluding tert-OH is 1. The predicted molar refractivity (Wildman–Crippen MR) is 66.6 cm³/mol. The molecule has 0 bridgehead atoms. The van der Waals surface area contributed by atoms with Crippen molar-refractivity contribution in [3.8, 4) is 11.3 Å². The van der Waals surface area contributed by atoms with Gasteiger partial charge in [0, 0.05) is 12.6 Å². The van der Waals surface area contributed by atoms with E-state index in [2.05, 4.69) is 23.3 Å². The third kappa shape index (κ3) is 1.76. The molecular weight excluding hydrogens is 212 g/mol. The second kappa shape index (κ2) is 4.00. The highest BCUT2D eigenvalue weighted by atomic mass is 16.3. The number of aliphatic hydroxyl groups is 1. The van der Waals surface area contributed by atoms with Crippen LogP contribution in [0.1, 0.15) is 23.2 Å². The van der Waals surface area contributed by atoms with Crippen LogP contribution in [-0.2, 0) is 26.5 Å². The van der Waals surface area contributed by atoms with Gasteiger partial charge in [-0.05, 0) is 42.5 Å². The SMILES string of the molecule is Cn1nc(CO)cc1-c1ccc2c(c1)CCC2. The molecule has 2 aromatic rings. The molecule has 0 saturated heterocycles. The summed E-state index contributed by atoms with van der Waals surface area (Å²) in [7, 11) is 1.92. The Balaban J connectivity index is 2.06. The van der Waals surface area contributed by atoms with Crippen LogP contribution in [0.15, 0.2) is 24.3 Å². The van der Waals surface area contributed by atoms with E-state index in [1.54, 1.807) is 0 Å². The van der Waals surface area contributed by atoms with Crippen LogP contribution in [0, 0.1) is 0 Å². The third-order valence-corrected chi connectivity index (χ3v) is 3.49.